The van der Waals surface area contributed by atoms with Crippen LogP contribution in [0.1, 0.15) is 51.9 Å². The molecule has 0 amide bonds. The lowest BCUT2D eigenvalue weighted by atomic mass is 9.91. The molecule has 5 rings (SSSR count). The zero-order chi connectivity index (χ0) is 24.5. The molecule has 34 heavy (non-hydrogen) atoms. The van der Waals surface area contributed by atoms with Gasteiger partial charge in [0.25, 0.3) is 6.47 Å². The van der Waals surface area contributed by atoms with Gasteiger partial charge < -0.3 is 20.1 Å². The van der Waals surface area contributed by atoms with Gasteiger partial charge in [0.1, 0.15) is 11.6 Å². The van der Waals surface area contributed by atoms with Gasteiger partial charge in [0.05, 0.1) is 17.1 Å². The highest BCUT2D eigenvalue weighted by atomic mass is 19.2. The fourth-order valence-corrected chi connectivity index (χ4v) is 4.26. The molecule has 0 spiro atoms. The van der Waals surface area contributed by atoms with Crippen molar-refractivity contribution in [2.75, 3.05) is 18.0 Å². The van der Waals surface area contributed by atoms with Gasteiger partial charge in [0.2, 0.25) is 0 Å². The number of rotatable bonds is 2. The Morgan fingerprint density at radius 3 is 2.26 bits per heavy atom. The molecule has 1 aliphatic carbocycles. The van der Waals surface area contributed by atoms with Crippen molar-refractivity contribution < 1.29 is 23.8 Å². The van der Waals surface area contributed by atoms with Crippen LogP contribution >= 0.6 is 0 Å². The number of hydrogen-bond donors (Lipinski definition) is 3. The van der Waals surface area contributed by atoms with Crippen molar-refractivity contribution >= 4 is 23.3 Å². The summed E-state index contributed by atoms with van der Waals surface area (Å²) in [6.07, 6.45) is 10.4. The molecule has 1 saturated carbocycles. The number of carboxylic acid groups (broad SMARTS) is 1. The largest absolute Gasteiger partial charge is 0.483 e. The van der Waals surface area contributed by atoms with Crippen LogP contribution in [0, 0.1) is 17.6 Å². The number of imidazole rings is 1. The number of nitrogens with zero attached hydrogens (tertiary/aromatic N) is 3. The van der Waals surface area contributed by atoms with Gasteiger partial charge in [-0.05, 0) is 30.9 Å². The van der Waals surface area contributed by atoms with Crippen LogP contribution in [0.15, 0.2) is 30.5 Å². The molecule has 9 heteroatoms. The number of carbonyl (C=O) groups is 1. The predicted molar refractivity (Wildman–Crippen MR) is 128 cm³/mol. The number of hydrogen-bond acceptors (Lipinski definition) is 5. The maximum Gasteiger partial charge on any atom is 0.290 e. The van der Waals surface area contributed by atoms with E-state index in [1.54, 1.807) is 6.20 Å². The van der Waals surface area contributed by atoms with Crippen LogP contribution in [0.25, 0.3) is 22.4 Å². The van der Waals surface area contributed by atoms with Gasteiger partial charge in [0, 0.05) is 37.0 Å². The first kappa shape index (κ1) is 25.6. The van der Waals surface area contributed by atoms with E-state index >= 15 is 0 Å². The number of pyridine rings is 1. The van der Waals surface area contributed by atoms with Crippen molar-refractivity contribution in [2.24, 2.45) is 5.92 Å². The number of nitrogens with one attached hydrogen (secondary N) is 1. The highest BCUT2D eigenvalue weighted by Gasteiger charge is 2.18. The average molecular weight is 475 g/mol. The topological polar surface area (TPSA) is 102 Å². The van der Waals surface area contributed by atoms with Crippen molar-refractivity contribution in [1.82, 2.24) is 15.0 Å². The Hall–Kier alpha value is -3.07. The number of fused-ring (bicyclic) bond motifs is 1. The molecule has 0 unspecified atom stereocenters. The molecule has 7 nitrogen and oxygen atoms in total. The molecule has 184 valence electrons. The number of benzene rings is 1. The first-order valence-electron chi connectivity index (χ1n) is 11.7. The average Bonchev–Trinajstić information content (AvgIpc) is 3.24. The molecule has 2 fully saturated rings. The van der Waals surface area contributed by atoms with Gasteiger partial charge in [-0.25, -0.2) is 18.7 Å². The third-order valence-corrected chi connectivity index (χ3v) is 6.23. The van der Waals surface area contributed by atoms with Crippen LogP contribution in [0.5, 0.6) is 0 Å². The van der Waals surface area contributed by atoms with E-state index < -0.39 is 11.6 Å². The van der Waals surface area contributed by atoms with Gasteiger partial charge in [0.15, 0.2) is 11.6 Å². The summed E-state index contributed by atoms with van der Waals surface area (Å²) in [5.41, 5.74) is 1.56. The van der Waals surface area contributed by atoms with Gasteiger partial charge in [-0.3, -0.25) is 4.79 Å². The van der Waals surface area contributed by atoms with Crippen LogP contribution in [0.4, 0.5) is 14.6 Å². The van der Waals surface area contributed by atoms with Gasteiger partial charge in [-0.1, -0.05) is 39.0 Å². The molecular weight excluding hydrogens is 442 g/mol. The van der Waals surface area contributed by atoms with Crippen molar-refractivity contribution in [1.29, 1.82) is 0 Å². The minimum Gasteiger partial charge on any atom is -0.483 e. The summed E-state index contributed by atoms with van der Waals surface area (Å²) >= 11 is 0. The van der Waals surface area contributed by atoms with Crippen LogP contribution < -0.4 is 4.90 Å². The van der Waals surface area contributed by atoms with E-state index in [4.69, 9.17) is 9.90 Å². The number of halogens is 2. The maximum absolute atomic E-state index is 13.3. The fourth-order valence-electron chi connectivity index (χ4n) is 4.26. The Labute approximate surface area is 197 Å². The summed E-state index contributed by atoms with van der Waals surface area (Å²) in [7, 11) is 0. The summed E-state index contributed by atoms with van der Waals surface area (Å²) in [6.45, 7) is 3.66. The SMILES string of the molecule is CC1CCCCC1.O=CO.OC1CCN(c2ccc(-c3nc4cc(F)c(F)cc4[nH]3)cn2)CC1. The van der Waals surface area contributed by atoms with E-state index in [0.717, 1.165) is 55.4 Å². The first-order valence-corrected chi connectivity index (χ1v) is 11.7. The van der Waals surface area contributed by atoms with E-state index in [-0.39, 0.29) is 12.6 Å². The molecular formula is C25H32F2N4O3. The van der Waals surface area contributed by atoms with Crippen LogP contribution in [-0.2, 0) is 4.79 Å². The molecule has 0 radical (unpaired) electrons. The summed E-state index contributed by atoms with van der Waals surface area (Å²) < 4.78 is 26.6. The molecule has 3 N–H and O–H groups in total. The number of piperidine rings is 1. The third kappa shape index (κ3) is 6.96. The van der Waals surface area contributed by atoms with E-state index in [1.807, 2.05) is 12.1 Å². The lowest BCUT2D eigenvalue weighted by molar-refractivity contribution is -0.122. The third-order valence-electron chi connectivity index (χ3n) is 6.23. The summed E-state index contributed by atoms with van der Waals surface area (Å²) in [6, 6.07) is 5.94. The number of anilines is 1. The normalized spacial score (nSPS) is 16.9. The first-order chi connectivity index (χ1) is 16.4. The van der Waals surface area contributed by atoms with Crippen molar-refractivity contribution in [3.05, 3.63) is 42.1 Å². The number of H-pyrrole nitrogens is 1. The molecule has 1 aromatic carbocycles. The summed E-state index contributed by atoms with van der Waals surface area (Å²) in [4.78, 5) is 22.2. The van der Waals surface area contributed by atoms with E-state index in [2.05, 4.69) is 26.8 Å². The van der Waals surface area contributed by atoms with E-state index in [1.165, 1.54) is 32.1 Å². The molecule has 0 atom stereocenters. The van der Waals surface area contributed by atoms with Gasteiger partial charge in [-0.15, -0.1) is 0 Å². The zero-order valence-corrected chi connectivity index (χ0v) is 19.4. The Kier molecular flexibility index (Phi) is 9.33. The Bertz CT molecular complexity index is 1010. The minimum absolute atomic E-state index is 0.225. The number of aromatic nitrogens is 3. The minimum atomic E-state index is -0.915. The second kappa shape index (κ2) is 12.4. The number of aliphatic hydroxyl groups excluding tert-OH is 1. The van der Waals surface area contributed by atoms with Crippen molar-refractivity contribution in [3.8, 4) is 11.4 Å². The molecule has 0 bridgehead atoms. The van der Waals surface area contributed by atoms with Crippen molar-refractivity contribution in [3.63, 3.8) is 0 Å². The molecule has 2 aromatic heterocycles. The molecule has 1 saturated heterocycles. The van der Waals surface area contributed by atoms with Gasteiger partial charge >= 0.3 is 0 Å². The van der Waals surface area contributed by atoms with Crippen molar-refractivity contribution in [2.45, 2.75) is 58.0 Å². The van der Waals surface area contributed by atoms with Crippen LogP contribution in [-0.4, -0.2) is 50.8 Å². The lowest BCUT2D eigenvalue weighted by Gasteiger charge is -2.30. The Morgan fingerprint density at radius 1 is 1.06 bits per heavy atom. The Balaban J connectivity index is 0.000000272. The zero-order valence-electron chi connectivity index (χ0n) is 19.4. The number of aliphatic hydroxyl groups is 1. The fraction of sp³-hybridized carbons (Fsp3) is 0.480. The van der Waals surface area contributed by atoms with Crippen LogP contribution in [0.2, 0.25) is 0 Å². The highest BCUT2D eigenvalue weighted by Crippen LogP contribution is 2.25. The molecule has 1 aliphatic heterocycles. The Morgan fingerprint density at radius 2 is 1.71 bits per heavy atom. The summed E-state index contributed by atoms with van der Waals surface area (Å²) in [5, 5.41) is 16.5. The number of aromatic amines is 1. The van der Waals surface area contributed by atoms with Crippen LogP contribution in [0.3, 0.4) is 0 Å². The molecule has 2 aliphatic rings. The second-order valence-electron chi connectivity index (χ2n) is 8.84. The predicted octanol–water partition coefficient (Wildman–Crippen LogP) is 5.15. The molecule has 3 aromatic rings. The standard InChI is InChI=1S/C17H16F2N4O.C7H14.CH2O2/c18-12-7-14-15(8-13(12)19)22-17(21-14)10-1-2-16(20-9-10)23-5-3-11(24)4-6-23;1-7-5-3-2-4-6-7;2-1-3/h1-2,7-9,11,24H,3-6H2,(H,21,22);7H,2-6H2,1H3;1H,(H,2,3). The van der Waals surface area contributed by atoms with E-state index in [9.17, 15) is 13.9 Å². The smallest absolute Gasteiger partial charge is 0.290 e. The van der Waals surface area contributed by atoms with Gasteiger partial charge in [-0.2, -0.15) is 0 Å². The van der Waals surface area contributed by atoms with E-state index in [0.29, 0.717) is 16.9 Å². The lowest BCUT2D eigenvalue weighted by Crippen LogP contribution is -2.36. The molecule has 3 heterocycles. The highest BCUT2D eigenvalue weighted by molar-refractivity contribution is 5.79. The monoisotopic (exact) mass is 474 g/mol. The quantitative estimate of drug-likeness (QED) is 0.444. The second-order valence-corrected chi connectivity index (χ2v) is 8.84. The maximum atomic E-state index is 13.3. The summed E-state index contributed by atoms with van der Waals surface area (Å²) in [5.74, 6) is 0.579.